The van der Waals surface area contributed by atoms with Crippen LogP contribution in [0.3, 0.4) is 0 Å². The summed E-state index contributed by atoms with van der Waals surface area (Å²) < 4.78 is 154. The highest BCUT2D eigenvalue weighted by molar-refractivity contribution is 8.07. The first-order chi connectivity index (χ1) is 71.2. The van der Waals surface area contributed by atoms with Gasteiger partial charge in [0.15, 0.2) is 67.6 Å². The number of nitrogen functional groups attached to an aromatic ring is 5. The first kappa shape index (κ1) is 104. The number of aromatic nitrogens is 22. The van der Waals surface area contributed by atoms with Gasteiger partial charge in [-0.1, -0.05) is 66.7 Å². The van der Waals surface area contributed by atoms with E-state index < -0.39 is 226 Å². The number of hydrogen-bond acceptors (Lipinski definition) is 47. The Hall–Kier alpha value is -11.6. The lowest BCUT2D eigenvalue weighted by atomic mass is 10.2. The molecule has 0 aliphatic carbocycles. The van der Waals surface area contributed by atoms with Gasteiger partial charge in [-0.15, -0.1) is 0 Å². The van der Waals surface area contributed by atoms with E-state index in [4.69, 9.17) is 152 Å². The van der Waals surface area contributed by atoms with Crippen molar-refractivity contribution in [3.63, 3.8) is 0 Å². The standard InChI is InChI=1S/C81H92N27O33P5S3/c1-37-21-103(81(115)102-72(37)110)56-16-44(50(132-56)25-123-22-40-12-13-42(124-23-38-8-4-2-5-9-38)43(14-40)125-24-39-10-6-3-7-11-39)137-142(116,117)126-27-51-45(17-58(133-51)106-34-91-63-69(106)95-78(84)99-74(63)112)138-143(118,119)127-28-52-46(19-59(134-52)107-35-92-64-70(107)96-79(85)100-75(64)113)139-145(121,148)130-30-54-48(20-60(136-54)108-36-93-65-71(108)97-80(86)101-76(65)114)141-146(122,149)129-29-53-47(18-57(135-53)104-32-89-61-66(82)87-31-88-67(61)104)140-144(120,147)128-26-49-41(109)15-55(131-49)105-33-90-62-68(105)94-77(83)98-73(62)111/h2-14,21,31-36,41,44-60,109H,15-20,22-30H2,1H3,(H,116,117)(H,118,119)(H,120,147)(H,121,148)(H,122,149)(H2,82,87,88)(H,102,110,115)(H3,83,94,98,111)(H3,84,95,99,112)(H3,85,96,100,113)(H3,86,97,101,114). The van der Waals surface area contributed by atoms with Gasteiger partial charge < -0.3 is 128 Å². The fraction of sp³-hybridized carbons (Fsp3) is 0.420. The molecule has 14 aromatic rings. The normalized spacial score (nSPS) is 26.2. The fourth-order valence-electron chi connectivity index (χ4n) is 17.7. The Morgan fingerprint density at radius 3 is 1.13 bits per heavy atom. The number of aromatic amines is 5. The molecular formula is C81H92N27O33P5S3. The summed E-state index contributed by atoms with van der Waals surface area (Å²) in [5, 5.41) is 11.2. The number of nitrogens with zero attached hydrogens (tertiary/aromatic N) is 17. The van der Waals surface area contributed by atoms with Crippen LogP contribution in [0.15, 0.2) is 152 Å². The van der Waals surface area contributed by atoms with Gasteiger partial charge in [0, 0.05) is 50.3 Å². The van der Waals surface area contributed by atoms with Crippen molar-refractivity contribution >= 4 is 157 Å². The van der Waals surface area contributed by atoms with Crippen LogP contribution in [-0.4, -0.2) is 250 Å². The van der Waals surface area contributed by atoms with E-state index in [1.807, 2.05) is 60.7 Å². The summed E-state index contributed by atoms with van der Waals surface area (Å²) in [6.07, 6.45) is -17.7. The third kappa shape index (κ3) is 23.6. The molecule has 0 saturated carbocycles. The monoisotopic (exact) mass is 2220 g/mol. The summed E-state index contributed by atoms with van der Waals surface area (Å²) >= 11 is 17.0. The molecule has 60 nitrogen and oxygen atoms in total. The van der Waals surface area contributed by atoms with Crippen LogP contribution in [0, 0.1) is 6.92 Å². The lowest BCUT2D eigenvalue weighted by molar-refractivity contribution is -0.0710. The van der Waals surface area contributed by atoms with Crippen molar-refractivity contribution in [2.24, 2.45) is 0 Å². The number of aliphatic hydroxyl groups is 1. The zero-order valence-corrected chi connectivity index (χ0v) is 84.1. The molecule has 68 heteroatoms. The smallest absolute Gasteiger partial charge is 0.472 e. The molecule has 17 heterocycles. The molecule has 0 radical (unpaired) electrons. The van der Waals surface area contributed by atoms with Gasteiger partial charge in [0.25, 0.3) is 27.8 Å². The SMILES string of the molecule is Cc1cn(C2CC(OP(=O)(O)OCC3OC(n4cnc5c(=O)[nH]c(N)nc54)CC3OP(=O)(O)OCC3OC(n4cnc5c(=O)[nH]c(N)nc54)CC3OP(O)(=S)OCC3OC(n4cnc5c(=O)[nH]c(N)nc54)CC3OP(O)(=S)OCC3OC(n4cnc5c(N)ncnc54)CC3OP(O)(=S)OCC3OC(n4cnc5c(=O)[nH]c(N)nc54)CC3O)C(COCc3ccc(OCc4ccccc4)c(OCc4ccccc4)c3)O2)c(=O)[nH]c1=O. The van der Waals surface area contributed by atoms with Crippen LogP contribution in [0.4, 0.5) is 29.6 Å². The molecule has 149 heavy (non-hydrogen) atoms. The molecule has 0 bridgehead atoms. The lowest BCUT2D eigenvalue weighted by Crippen LogP contribution is -2.33. The second kappa shape index (κ2) is 42.9. The van der Waals surface area contributed by atoms with E-state index in [1.54, 1.807) is 18.2 Å². The van der Waals surface area contributed by atoms with Gasteiger partial charge in [-0.3, -0.25) is 94.4 Å². The molecule has 6 saturated heterocycles. The quantitative estimate of drug-likeness (QED) is 0.0245. The Kier molecular flexibility index (Phi) is 30.1. The number of rotatable bonds is 41. The average Bonchev–Trinajstić information content (AvgIpc) is 1.63. The second-order valence-electron chi connectivity index (χ2n) is 34.8. The number of phosphoric acid groups is 2. The first-order valence-electron chi connectivity index (χ1n) is 45.3. The summed E-state index contributed by atoms with van der Waals surface area (Å²) in [7, 11) is -11.0. The number of nitrogens with two attached hydrogens (primary N) is 5. The van der Waals surface area contributed by atoms with E-state index in [-0.39, 0.29) is 143 Å². The topological polar surface area (TPSA) is 814 Å². The zero-order chi connectivity index (χ0) is 104. The molecule has 6 aliphatic rings. The van der Waals surface area contributed by atoms with Crippen molar-refractivity contribution in [1.82, 2.24) is 107 Å². The van der Waals surface area contributed by atoms with E-state index in [0.29, 0.717) is 17.1 Å². The van der Waals surface area contributed by atoms with Crippen molar-refractivity contribution in [2.45, 2.75) is 176 Å². The number of nitrogens with one attached hydrogen (secondary N) is 5. The Balaban J connectivity index is 0.526. The lowest BCUT2D eigenvalue weighted by Gasteiger charge is -2.28. The van der Waals surface area contributed by atoms with Gasteiger partial charge in [0.2, 0.25) is 23.8 Å². The number of aliphatic hydroxyl groups excluding tert-OH is 1. The van der Waals surface area contributed by atoms with E-state index in [1.165, 1.54) is 61.3 Å². The molecule has 23 atom stereocenters. The molecule has 0 spiro atoms. The summed E-state index contributed by atoms with van der Waals surface area (Å²) in [5.74, 6) is -0.398. The number of hydrogen-bond donors (Lipinski definition) is 16. The summed E-state index contributed by atoms with van der Waals surface area (Å²) in [5.41, 5.74) is 27.4. The number of benzene rings is 3. The van der Waals surface area contributed by atoms with Crippen LogP contribution in [-0.2, 0) is 143 Å². The molecule has 23 unspecified atom stereocenters. The summed E-state index contributed by atoms with van der Waals surface area (Å²) in [4.78, 5) is 196. The van der Waals surface area contributed by atoms with Gasteiger partial charge in [0.1, 0.15) is 111 Å². The van der Waals surface area contributed by atoms with Crippen LogP contribution < -0.4 is 71.6 Å². The predicted octanol–water partition coefficient (Wildman–Crippen LogP) is 2.45. The number of fused-ring (bicyclic) bond motifs is 5. The summed E-state index contributed by atoms with van der Waals surface area (Å²) in [6, 6.07) is 24.1. The molecule has 21 N–H and O–H groups in total. The largest absolute Gasteiger partial charge is 0.485 e. The molecule has 6 aliphatic heterocycles. The molecular weight excluding hydrogens is 2130 g/mol. The van der Waals surface area contributed by atoms with Crippen molar-refractivity contribution in [3.05, 3.63) is 208 Å². The Morgan fingerprint density at radius 1 is 0.376 bits per heavy atom. The molecule has 3 aromatic carbocycles. The minimum atomic E-state index is -5.61. The highest BCUT2D eigenvalue weighted by atomic mass is 32.5. The van der Waals surface area contributed by atoms with Crippen LogP contribution in [0.2, 0.25) is 0 Å². The van der Waals surface area contributed by atoms with Gasteiger partial charge in [-0.2, -0.15) is 19.9 Å². The highest BCUT2D eigenvalue weighted by Crippen LogP contribution is 2.57. The van der Waals surface area contributed by atoms with Crippen molar-refractivity contribution in [2.75, 3.05) is 68.3 Å². The van der Waals surface area contributed by atoms with E-state index in [0.717, 1.165) is 28.3 Å². The van der Waals surface area contributed by atoms with Gasteiger partial charge in [-0.25, -0.2) is 48.8 Å². The Morgan fingerprint density at radius 2 is 0.718 bits per heavy atom. The number of aryl methyl sites for hydroxylation is 1. The highest BCUT2D eigenvalue weighted by Gasteiger charge is 2.51. The maximum atomic E-state index is 14.9. The Bertz CT molecular complexity index is 8030. The fourth-order valence-corrected chi connectivity index (χ4v) is 24.0. The number of ether oxygens (including phenoxy) is 9. The minimum Gasteiger partial charge on any atom is -0.485 e. The van der Waals surface area contributed by atoms with Crippen LogP contribution in [0.5, 0.6) is 11.5 Å². The predicted molar refractivity (Wildman–Crippen MR) is 524 cm³/mol. The Labute approximate surface area is 849 Å². The third-order valence-corrected chi connectivity index (χ3v) is 31.5. The van der Waals surface area contributed by atoms with Crippen LogP contribution >= 0.6 is 35.8 Å². The maximum Gasteiger partial charge on any atom is 0.472 e. The number of H-pyrrole nitrogens is 5. The van der Waals surface area contributed by atoms with Crippen molar-refractivity contribution in [3.8, 4) is 11.5 Å². The van der Waals surface area contributed by atoms with E-state index in [2.05, 4.69) is 79.7 Å². The van der Waals surface area contributed by atoms with E-state index >= 15 is 0 Å². The minimum absolute atomic E-state index is 0.0211. The molecule has 0 amide bonds. The van der Waals surface area contributed by atoms with Gasteiger partial charge in [-0.05, 0) is 71.2 Å². The van der Waals surface area contributed by atoms with Crippen LogP contribution in [0.25, 0.3) is 55.8 Å². The first-order valence-corrected chi connectivity index (χ1v) is 56.1. The van der Waals surface area contributed by atoms with E-state index in [9.17, 15) is 67.5 Å². The van der Waals surface area contributed by atoms with Crippen LogP contribution in [0.1, 0.15) is 98.1 Å². The number of phosphoric ester groups is 2. The second-order valence-corrected chi connectivity index (χ2v) is 46.0. The molecule has 11 aromatic heterocycles. The number of imidazole rings is 5. The van der Waals surface area contributed by atoms with Crippen molar-refractivity contribution in [1.29, 1.82) is 0 Å². The third-order valence-electron chi connectivity index (χ3n) is 24.7. The summed E-state index contributed by atoms with van der Waals surface area (Å²) in [6.45, 7) is -16.6. The average molecular weight is 2220 g/mol. The molecule has 20 rings (SSSR count). The van der Waals surface area contributed by atoms with Gasteiger partial charge in [0.05, 0.1) is 102 Å². The van der Waals surface area contributed by atoms with Crippen molar-refractivity contribution < 1.29 is 127 Å². The maximum absolute atomic E-state index is 14.9. The van der Waals surface area contributed by atoms with Gasteiger partial charge >= 0.3 is 41.5 Å². The molecule has 792 valence electrons. The zero-order valence-electron chi connectivity index (χ0n) is 77.2. The number of anilines is 5. The molecule has 6 fully saturated rings.